The van der Waals surface area contributed by atoms with Gasteiger partial charge in [-0.3, -0.25) is 9.59 Å². The molecule has 0 unspecified atom stereocenters. The Labute approximate surface area is 174 Å². The van der Waals surface area contributed by atoms with Gasteiger partial charge in [0.2, 0.25) is 0 Å². The van der Waals surface area contributed by atoms with E-state index in [0.717, 1.165) is 10.4 Å². The van der Waals surface area contributed by atoms with Crippen molar-refractivity contribution >= 4 is 28.2 Å². The van der Waals surface area contributed by atoms with Crippen molar-refractivity contribution in [1.29, 1.82) is 0 Å². The first-order chi connectivity index (χ1) is 13.5. The van der Waals surface area contributed by atoms with Gasteiger partial charge in [0, 0.05) is 6.42 Å². The third kappa shape index (κ3) is 3.82. The van der Waals surface area contributed by atoms with E-state index in [1.165, 1.54) is 25.6 Å². The maximum Gasteiger partial charge on any atom is 0.263 e. The lowest BCUT2D eigenvalue weighted by Crippen LogP contribution is -3.03. The van der Waals surface area contributed by atoms with Crippen LogP contribution in [-0.2, 0) is 12.0 Å². The number of quaternary nitrogens is 1. The Morgan fingerprint density at radius 1 is 1.10 bits per heavy atom. The Morgan fingerprint density at radius 2 is 1.69 bits per heavy atom. The van der Waals surface area contributed by atoms with Gasteiger partial charge in [0.05, 0.1) is 30.2 Å². The van der Waals surface area contributed by atoms with E-state index in [-0.39, 0.29) is 16.6 Å². The van der Waals surface area contributed by atoms with E-state index in [1.54, 1.807) is 18.2 Å². The lowest BCUT2D eigenvalue weighted by atomic mass is 9.81. The van der Waals surface area contributed by atoms with Crippen molar-refractivity contribution in [3.63, 3.8) is 0 Å². The van der Waals surface area contributed by atoms with Crippen LogP contribution in [0.5, 0.6) is 11.5 Å². The van der Waals surface area contributed by atoms with Crippen LogP contribution in [0.4, 0.5) is 5.00 Å². The molecular formula is C21H28N3O4S+. The van der Waals surface area contributed by atoms with Gasteiger partial charge in [-0.05, 0) is 45.4 Å². The molecule has 156 valence electrons. The Balaban J connectivity index is 2.09. The van der Waals surface area contributed by atoms with Crippen molar-refractivity contribution in [2.45, 2.75) is 45.2 Å². The van der Waals surface area contributed by atoms with Crippen LogP contribution in [0.3, 0.4) is 0 Å². The summed E-state index contributed by atoms with van der Waals surface area (Å²) in [6.07, 6.45) is 0.689. The molecule has 1 aliphatic rings. The van der Waals surface area contributed by atoms with Gasteiger partial charge < -0.3 is 25.8 Å². The second-order valence-electron chi connectivity index (χ2n) is 8.50. The maximum absolute atomic E-state index is 13.1. The summed E-state index contributed by atoms with van der Waals surface area (Å²) in [5.74, 6) is -0.183. The molecule has 2 heterocycles. The molecule has 0 aliphatic carbocycles. The standard InChI is InChI=1S/C21H27N3O4S/c1-20(2)10-11-14(17(22)25)19(29-16(11)21(3,4)24-20)23-18(26)15-12(27-5)8-7-9-13(15)28-6/h7-9,24H,10H2,1-6H3,(H2,22,25)(H,23,26)/p+1. The molecular weight excluding hydrogens is 390 g/mol. The van der Waals surface area contributed by atoms with Crippen LogP contribution >= 0.6 is 11.3 Å². The summed E-state index contributed by atoms with van der Waals surface area (Å²) in [7, 11) is 2.98. The number of thiophene rings is 1. The number of anilines is 1. The van der Waals surface area contributed by atoms with Crippen molar-refractivity contribution in [3.05, 3.63) is 39.8 Å². The zero-order valence-electron chi connectivity index (χ0n) is 17.6. The lowest BCUT2D eigenvalue weighted by Gasteiger charge is -2.38. The number of nitrogens with two attached hydrogens (primary N) is 2. The van der Waals surface area contributed by atoms with Gasteiger partial charge in [0.15, 0.2) is 0 Å². The molecule has 1 aromatic carbocycles. The number of carbonyl (C=O) groups is 2. The molecule has 0 fully saturated rings. The average molecular weight is 419 g/mol. The minimum atomic E-state index is -0.543. The number of hydrogen-bond donors (Lipinski definition) is 3. The molecule has 0 saturated heterocycles. The molecule has 7 nitrogen and oxygen atoms in total. The number of benzene rings is 1. The van der Waals surface area contributed by atoms with E-state index < -0.39 is 11.8 Å². The Morgan fingerprint density at radius 3 is 2.21 bits per heavy atom. The molecule has 5 N–H and O–H groups in total. The highest BCUT2D eigenvalue weighted by atomic mass is 32.1. The highest BCUT2D eigenvalue weighted by molar-refractivity contribution is 7.17. The fraction of sp³-hybridized carbons (Fsp3) is 0.429. The topological polar surface area (TPSA) is 107 Å². The number of fused-ring (bicyclic) bond motifs is 1. The summed E-state index contributed by atoms with van der Waals surface area (Å²) in [4.78, 5) is 26.5. The first-order valence-electron chi connectivity index (χ1n) is 9.36. The van der Waals surface area contributed by atoms with Crippen molar-refractivity contribution in [2.24, 2.45) is 5.73 Å². The summed E-state index contributed by atoms with van der Waals surface area (Å²) in [6.45, 7) is 8.50. The quantitative estimate of drug-likeness (QED) is 0.692. The van der Waals surface area contributed by atoms with Gasteiger partial charge in [-0.15, -0.1) is 11.3 Å². The maximum atomic E-state index is 13.1. The molecule has 2 aromatic rings. The van der Waals surface area contributed by atoms with Crippen LogP contribution in [0.25, 0.3) is 0 Å². The van der Waals surface area contributed by atoms with E-state index in [1.807, 2.05) is 0 Å². The molecule has 0 radical (unpaired) electrons. The summed E-state index contributed by atoms with van der Waals surface area (Å²) < 4.78 is 10.7. The average Bonchev–Trinajstić information content (AvgIpc) is 2.97. The zero-order valence-corrected chi connectivity index (χ0v) is 18.5. The number of carbonyl (C=O) groups excluding carboxylic acids is 2. The lowest BCUT2D eigenvalue weighted by molar-refractivity contribution is -0.789. The Bertz CT molecular complexity index is 956. The molecule has 2 amide bonds. The molecule has 0 bridgehead atoms. The van der Waals surface area contributed by atoms with Gasteiger partial charge in [-0.2, -0.15) is 0 Å². The van der Waals surface area contributed by atoms with Crippen LogP contribution in [0.2, 0.25) is 0 Å². The molecule has 3 rings (SSSR count). The summed E-state index contributed by atoms with van der Waals surface area (Å²) >= 11 is 1.40. The summed E-state index contributed by atoms with van der Waals surface area (Å²) in [5, 5.41) is 5.63. The van der Waals surface area contributed by atoms with E-state index in [2.05, 4.69) is 38.3 Å². The minimum Gasteiger partial charge on any atom is -0.496 e. The first-order valence-corrected chi connectivity index (χ1v) is 10.2. The van der Waals surface area contributed by atoms with Crippen molar-refractivity contribution < 1.29 is 24.4 Å². The van der Waals surface area contributed by atoms with E-state index in [0.29, 0.717) is 28.5 Å². The molecule has 0 atom stereocenters. The number of hydrogen-bond acceptors (Lipinski definition) is 5. The largest absolute Gasteiger partial charge is 0.496 e. The van der Waals surface area contributed by atoms with Crippen LogP contribution in [0, 0.1) is 0 Å². The fourth-order valence-electron chi connectivity index (χ4n) is 4.29. The molecule has 1 aromatic heterocycles. The van der Waals surface area contributed by atoms with Gasteiger partial charge in [0.25, 0.3) is 11.8 Å². The van der Waals surface area contributed by atoms with E-state index in [9.17, 15) is 9.59 Å². The number of rotatable bonds is 5. The van der Waals surface area contributed by atoms with E-state index in [4.69, 9.17) is 15.2 Å². The van der Waals surface area contributed by atoms with Gasteiger partial charge >= 0.3 is 0 Å². The third-order valence-electron chi connectivity index (χ3n) is 5.10. The van der Waals surface area contributed by atoms with Crippen LogP contribution in [-0.4, -0.2) is 31.6 Å². The highest BCUT2D eigenvalue weighted by Gasteiger charge is 2.45. The third-order valence-corrected chi connectivity index (χ3v) is 6.59. The van der Waals surface area contributed by atoms with Crippen LogP contribution in [0.1, 0.15) is 58.9 Å². The Kier molecular flexibility index (Phi) is 5.36. The highest BCUT2D eigenvalue weighted by Crippen LogP contribution is 2.42. The number of methoxy groups -OCH3 is 2. The SMILES string of the molecule is COc1cccc(OC)c1C(=O)Nc1sc2c(c1C(N)=O)CC(C)(C)[NH2+]C2(C)C. The van der Waals surface area contributed by atoms with Crippen LogP contribution in [0.15, 0.2) is 18.2 Å². The molecule has 8 heteroatoms. The fourth-order valence-corrected chi connectivity index (χ4v) is 5.59. The van der Waals surface area contributed by atoms with Crippen molar-refractivity contribution in [2.75, 3.05) is 19.5 Å². The normalized spacial score (nSPS) is 16.6. The monoisotopic (exact) mass is 418 g/mol. The van der Waals surface area contributed by atoms with E-state index >= 15 is 0 Å². The summed E-state index contributed by atoms with van der Waals surface area (Å²) in [5.41, 5.74) is 6.99. The van der Waals surface area contributed by atoms with Crippen molar-refractivity contribution in [1.82, 2.24) is 0 Å². The van der Waals surface area contributed by atoms with Crippen LogP contribution < -0.4 is 25.8 Å². The summed E-state index contributed by atoms with van der Waals surface area (Å²) in [6, 6.07) is 5.12. The van der Waals surface area contributed by atoms with Gasteiger partial charge in [-0.1, -0.05) is 6.07 Å². The number of primary amides is 1. The first kappa shape index (κ1) is 21.1. The van der Waals surface area contributed by atoms with Gasteiger partial charge in [-0.25, -0.2) is 0 Å². The molecule has 0 saturated carbocycles. The van der Waals surface area contributed by atoms with Crippen molar-refractivity contribution in [3.8, 4) is 11.5 Å². The van der Waals surface area contributed by atoms with Gasteiger partial charge in [0.1, 0.15) is 27.6 Å². The molecule has 29 heavy (non-hydrogen) atoms. The second-order valence-corrected chi connectivity index (χ2v) is 9.52. The zero-order chi connectivity index (χ0) is 21.6. The smallest absolute Gasteiger partial charge is 0.263 e. The second kappa shape index (κ2) is 7.35. The number of ether oxygens (including phenoxy) is 2. The minimum absolute atomic E-state index is 0.0884. The number of nitrogens with one attached hydrogen (secondary N) is 1. The predicted molar refractivity (Wildman–Crippen MR) is 113 cm³/mol. The predicted octanol–water partition coefficient (Wildman–Crippen LogP) is 2.25. The number of amides is 2. The molecule has 1 aliphatic heterocycles. The Hall–Kier alpha value is -2.58. The molecule has 0 spiro atoms.